The van der Waals surface area contributed by atoms with Crippen LogP contribution < -0.4 is 21.2 Å². The van der Waals surface area contributed by atoms with Crippen LogP contribution in [0.4, 0.5) is 0 Å². The van der Waals surface area contributed by atoms with E-state index >= 15 is 0 Å². The van der Waals surface area contributed by atoms with E-state index in [1.54, 1.807) is 0 Å². The Labute approximate surface area is 193 Å². The Morgan fingerprint density at radius 2 is 1.24 bits per heavy atom. The van der Waals surface area contributed by atoms with Gasteiger partial charge in [-0.1, -0.05) is 61.3 Å². The molecule has 0 amide bonds. The molecule has 3 rings (SSSR count). The lowest BCUT2D eigenvalue weighted by Gasteiger charge is -2.08. The standard InChI is InChI=1S/C16H18I.C6H4Cl2O3S/c1-3-13-5-9-15(10-6-13)17-16-11-7-14(4-2)8-12-16;7-4-1-2-5(8)6(3-4)12(9,10)11/h5-12H,3-4H2,1-2H3;1-3H,(H,9,10,11)/q+1;/p-1. The van der Waals surface area contributed by atoms with Gasteiger partial charge in [-0.2, -0.15) is 0 Å². The van der Waals surface area contributed by atoms with Crippen LogP contribution in [0.2, 0.25) is 10.0 Å². The van der Waals surface area contributed by atoms with Crippen LogP contribution >= 0.6 is 23.2 Å². The molecule has 3 aromatic carbocycles. The molecule has 3 nitrogen and oxygen atoms in total. The lowest BCUT2D eigenvalue weighted by Crippen LogP contribution is -3.61. The second-order valence-electron chi connectivity index (χ2n) is 6.08. The lowest BCUT2D eigenvalue weighted by molar-refractivity contribution is -0.597. The van der Waals surface area contributed by atoms with E-state index in [9.17, 15) is 13.0 Å². The van der Waals surface area contributed by atoms with E-state index in [0.717, 1.165) is 18.9 Å². The van der Waals surface area contributed by atoms with Crippen LogP contribution in [0, 0.1) is 7.14 Å². The average molecular weight is 563 g/mol. The zero-order valence-electron chi connectivity index (χ0n) is 16.0. The van der Waals surface area contributed by atoms with Gasteiger partial charge in [-0.3, -0.25) is 0 Å². The van der Waals surface area contributed by atoms with Crippen molar-refractivity contribution < 1.29 is 34.2 Å². The molecule has 0 saturated heterocycles. The summed E-state index contributed by atoms with van der Waals surface area (Å²) in [5.41, 5.74) is 2.86. The van der Waals surface area contributed by atoms with E-state index in [1.807, 2.05) is 0 Å². The fourth-order valence-electron chi connectivity index (χ4n) is 2.36. The summed E-state index contributed by atoms with van der Waals surface area (Å²) in [6, 6.07) is 21.9. The molecule has 0 aromatic heterocycles. The molecular formula is C22H21Cl2IO3S. The van der Waals surface area contributed by atoms with Gasteiger partial charge < -0.3 is 4.55 Å². The maximum Gasteiger partial charge on any atom is 0.357 e. The monoisotopic (exact) mass is 562 g/mol. The normalized spacial score (nSPS) is 10.9. The summed E-state index contributed by atoms with van der Waals surface area (Å²) >= 11 is 10.9. The highest BCUT2D eigenvalue weighted by molar-refractivity contribution is 7.85. The predicted molar refractivity (Wildman–Crippen MR) is 113 cm³/mol. The molecule has 29 heavy (non-hydrogen) atoms. The first-order chi connectivity index (χ1) is 13.7. The molecule has 0 radical (unpaired) electrons. The van der Waals surface area contributed by atoms with Gasteiger partial charge in [0.25, 0.3) is 0 Å². The van der Waals surface area contributed by atoms with Crippen LogP contribution in [0.1, 0.15) is 25.0 Å². The summed E-state index contributed by atoms with van der Waals surface area (Å²) in [6.07, 6.45) is 2.26. The van der Waals surface area contributed by atoms with E-state index in [4.69, 9.17) is 23.2 Å². The van der Waals surface area contributed by atoms with Crippen molar-refractivity contribution in [1.82, 2.24) is 0 Å². The molecule has 0 spiro atoms. The van der Waals surface area contributed by atoms with Crippen LogP contribution in [-0.2, 0) is 23.0 Å². The van der Waals surface area contributed by atoms with Gasteiger partial charge in [0.1, 0.15) is 10.1 Å². The van der Waals surface area contributed by atoms with Gasteiger partial charge in [0, 0.05) is 5.02 Å². The van der Waals surface area contributed by atoms with Crippen LogP contribution in [-0.4, -0.2) is 13.0 Å². The van der Waals surface area contributed by atoms with Crippen molar-refractivity contribution in [2.45, 2.75) is 31.6 Å². The Bertz CT molecular complexity index is 989. The summed E-state index contributed by atoms with van der Waals surface area (Å²) < 4.78 is 34.5. The molecular weight excluding hydrogens is 542 g/mol. The van der Waals surface area contributed by atoms with Crippen LogP contribution in [0.3, 0.4) is 0 Å². The third kappa shape index (κ3) is 7.90. The maximum absolute atomic E-state index is 10.5. The largest absolute Gasteiger partial charge is 0.744 e. The fourth-order valence-corrected chi connectivity index (χ4v) is 5.73. The van der Waals surface area contributed by atoms with Crippen molar-refractivity contribution in [3.63, 3.8) is 0 Å². The maximum atomic E-state index is 10.5. The van der Waals surface area contributed by atoms with Crippen molar-refractivity contribution in [2.75, 3.05) is 0 Å². The number of hydrogen-bond donors (Lipinski definition) is 0. The third-order valence-electron chi connectivity index (χ3n) is 4.02. The zero-order chi connectivity index (χ0) is 21.4. The molecule has 0 N–H and O–H groups in total. The van der Waals surface area contributed by atoms with Gasteiger partial charge >= 0.3 is 21.2 Å². The molecule has 7 heteroatoms. The molecule has 0 aliphatic carbocycles. The molecule has 0 bridgehead atoms. The summed E-state index contributed by atoms with van der Waals surface area (Å²) in [6.45, 7) is 4.40. The van der Waals surface area contributed by atoms with Crippen molar-refractivity contribution >= 4 is 33.3 Å². The van der Waals surface area contributed by atoms with Crippen LogP contribution in [0.15, 0.2) is 71.6 Å². The zero-order valence-corrected chi connectivity index (χ0v) is 20.5. The molecule has 154 valence electrons. The van der Waals surface area contributed by atoms with E-state index in [0.29, 0.717) is 0 Å². The van der Waals surface area contributed by atoms with E-state index < -0.39 is 15.0 Å². The van der Waals surface area contributed by atoms with E-state index in [1.165, 1.54) is 30.4 Å². The van der Waals surface area contributed by atoms with Crippen molar-refractivity contribution in [3.05, 3.63) is 95.0 Å². The lowest BCUT2D eigenvalue weighted by atomic mass is 10.2. The topological polar surface area (TPSA) is 57.2 Å². The Kier molecular flexibility index (Phi) is 9.43. The Morgan fingerprint density at radius 3 is 1.59 bits per heavy atom. The summed E-state index contributed by atoms with van der Waals surface area (Å²) in [7, 11) is -4.52. The number of hydrogen-bond acceptors (Lipinski definition) is 3. The minimum absolute atomic E-state index is 0.00746. The van der Waals surface area contributed by atoms with Gasteiger partial charge in [-0.15, -0.1) is 0 Å². The van der Waals surface area contributed by atoms with Crippen molar-refractivity contribution in [3.8, 4) is 0 Å². The second-order valence-corrected chi connectivity index (χ2v) is 11.3. The van der Waals surface area contributed by atoms with Gasteiger partial charge in [0.05, 0.1) is 9.92 Å². The first-order valence-electron chi connectivity index (χ1n) is 8.96. The van der Waals surface area contributed by atoms with Crippen LogP contribution in [0.5, 0.6) is 0 Å². The molecule has 0 fully saturated rings. The highest BCUT2D eigenvalue weighted by atomic mass is 127. The summed E-state index contributed by atoms with van der Waals surface area (Å²) in [4.78, 5) is -0.489. The fraction of sp³-hybridized carbons (Fsp3) is 0.182. The minimum Gasteiger partial charge on any atom is -0.744 e. The minimum atomic E-state index is -4.52. The summed E-state index contributed by atoms with van der Waals surface area (Å²) in [5, 5.41) is 0.0447. The third-order valence-corrected chi connectivity index (χ3v) is 8.26. The second kappa shape index (κ2) is 11.3. The number of halogens is 3. The number of benzene rings is 3. The molecule has 0 aliphatic rings. The first-order valence-corrected chi connectivity index (χ1v) is 13.3. The first kappa shape index (κ1) is 24.2. The van der Waals surface area contributed by atoms with Crippen LogP contribution in [0.25, 0.3) is 0 Å². The number of rotatable bonds is 5. The highest BCUT2D eigenvalue weighted by Gasteiger charge is 2.14. The smallest absolute Gasteiger partial charge is 0.357 e. The Balaban J connectivity index is 0.000000221. The summed E-state index contributed by atoms with van der Waals surface area (Å²) in [5.74, 6) is 0. The Hall–Kier alpha value is -1.12. The SMILES string of the molecule is CCc1ccc([I+]c2ccc(CC)cc2)cc1.O=S(=O)([O-])c1cc(Cl)ccc1Cl. The molecule has 0 saturated carbocycles. The van der Waals surface area contributed by atoms with E-state index in [-0.39, 0.29) is 31.3 Å². The van der Waals surface area contributed by atoms with Crippen molar-refractivity contribution in [1.29, 1.82) is 0 Å². The molecule has 0 heterocycles. The van der Waals surface area contributed by atoms with Gasteiger partial charge in [-0.05, 0) is 66.4 Å². The molecule has 3 aromatic rings. The predicted octanol–water partition coefficient (Wildman–Crippen LogP) is 2.84. The molecule has 0 unspecified atom stereocenters. The quantitative estimate of drug-likeness (QED) is 0.355. The Morgan fingerprint density at radius 1 is 0.793 bits per heavy atom. The highest BCUT2D eigenvalue weighted by Crippen LogP contribution is 2.24. The van der Waals surface area contributed by atoms with E-state index in [2.05, 4.69) is 62.4 Å². The van der Waals surface area contributed by atoms with Crippen molar-refractivity contribution in [2.24, 2.45) is 0 Å². The molecule has 0 atom stereocenters. The van der Waals surface area contributed by atoms with Gasteiger partial charge in [0.2, 0.25) is 0 Å². The average Bonchev–Trinajstić information content (AvgIpc) is 2.71. The number of aryl methyl sites for hydroxylation is 2. The van der Waals surface area contributed by atoms with Gasteiger partial charge in [0.15, 0.2) is 7.14 Å². The molecule has 0 aliphatic heterocycles. The van der Waals surface area contributed by atoms with Gasteiger partial charge in [-0.25, -0.2) is 8.42 Å².